The molecule has 1 heterocycles. The summed E-state index contributed by atoms with van der Waals surface area (Å²) in [6.07, 6.45) is 1.37. The molecule has 16 heavy (non-hydrogen) atoms. The van der Waals surface area contributed by atoms with E-state index < -0.39 is 10.0 Å². The average Bonchev–Trinajstić information content (AvgIpc) is 2.63. The SMILES string of the molecule is Cc1ncc(S(=O)(=O)NCC(C)(C)CCl)s1. The number of halogens is 1. The number of rotatable bonds is 5. The van der Waals surface area contributed by atoms with Crippen molar-refractivity contribution in [2.75, 3.05) is 12.4 Å². The van der Waals surface area contributed by atoms with Crippen molar-refractivity contribution < 1.29 is 8.42 Å². The maximum Gasteiger partial charge on any atom is 0.251 e. The molecule has 0 saturated carbocycles. The van der Waals surface area contributed by atoms with Crippen molar-refractivity contribution >= 4 is 33.0 Å². The lowest BCUT2D eigenvalue weighted by molar-refractivity contribution is 0.414. The highest BCUT2D eigenvalue weighted by atomic mass is 35.5. The van der Waals surface area contributed by atoms with Crippen molar-refractivity contribution in [3.63, 3.8) is 0 Å². The zero-order valence-electron chi connectivity index (χ0n) is 9.45. The molecule has 0 radical (unpaired) electrons. The number of nitrogens with zero attached hydrogens (tertiary/aromatic N) is 1. The van der Waals surface area contributed by atoms with Crippen molar-refractivity contribution in [2.24, 2.45) is 5.41 Å². The van der Waals surface area contributed by atoms with Crippen LogP contribution in [0.5, 0.6) is 0 Å². The van der Waals surface area contributed by atoms with Crippen LogP contribution in [0.2, 0.25) is 0 Å². The number of sulfonamides is 1. The van der Waals surface area contributed by atoms with Gasteiger partial charge in [0, 0.05) is 12.4 Å². The second-order valence-electron chi connectivity index (χ2n) is 4.32. The Balaban J connectivity index is 2.74. The predicted molar refractivity (Wildman–Crippen MR) is 66.5 cm³/mol. The zero-order chi connectivity index (χ0) is 12.4. The monoisotopic (exact) mass is 282 g/mol. The number of aryl methyl sites for hydroxylation is 1. The van der Waals surface area contributed by atoms with Gasteiger partial charge in [0.25, 0.3) is 10.0 Å². The fourth-order valence-corrected chi connectivity index (χ4v) is 3.36. The van der Waals surface area contributed by atoms with Crippen molar-refractivity contribution in [1.29, 1.82) is 0 Å². The van der Waals surface area contributed by atoms with Crippen LogP contribution in [0.25, 0.3) is 0 Å². The molecule has 0 amide bonds. The summed E-state index contributed by atoms with van der Waals surface area (Å²) in [7, 11) is -3.44. The van der Waals surface area contributed by atoms with Gasteiger partial charge in [-0.1, -0.05) is 13.8 Å². The minimum Gasteiger partial charge on any atom is -0.249 e. The average molecular weight is 283 g/mol. The summed E-state index contributed by atoms with van der Waals surface area (Å²) in [5.41, 5.74) is -0.256. The molecule has 0 bridgehead atoms. The maximum absolute atomic E-state index is 11.8. The standard InChI is InChI=1S/C9H15ClN2O2S2/c1-7-11-4-8(15-7)16(13,14)12-6-9(2,3)5-10/h4,12H,5-6H2,1-3H3. The Morgan fingerprint density at radius 3 is 2.62 bits per heavy atom. The van der Waals surface area contributed by atoms with E-state index in [9.17, 15) is 8.42 Å². The number of hydrogen-bond donors (Lipinski definition) is 1. The third kappa shape index (κ3) is 3.69. The van der Waals surface area contributed by atoms with Crippen LogP contribution in [0.1, 0.15) is 18.9 Å². The summed E-state index contributed by atoms with van der Waals surface area (Å²) in [6, 6.07) is 0. The molecule has 7 heteroatoms. The van der Waals surface area contributed by atoms with E-state index in [1.54, 1.807) is 6.92 Å². The number of nitrogens with one attached hydrogen (secondary N) is 1. The van der Waals surface area contributed by atoms with Crippen LogP contribution in [0.15, 0.2) is 10.4 Å². The molecular weight excluding hydrogens is 268 g/mol. The van der Waals surface area contributed by atoms with Crippen LogP contribution < -0.4 is 4.72 Å². The minimum absolute atomic E-state index is 0.246. The molecule has 1 aromatic rings. The van der Waals surface area contributed by atoms with Gasteiger partial charge in [-0.2, -0.15) is 0 Å². The van der Waals surface area contributed by atoms with Crippen LogP contribution in [0.3, 0.4) is 0 Å². The lowest BCUT2D eigenvalue weighted by Crippen LogP contribution is -2.34. The van der Waals surface area contributed by atoms with Gasteiger partial charge in [0.15, 0.2) is 4.21 Å². The second kappa shape index (κ2) is 5.00. The van der Waals surface area contributed by atoms with E-state index in [1.807, 2.05) is 13.8 Å². The Labute approximate surface area is 105 Å². The Hall–Kier alpha value is -0.170. The van der Waals surface area contributed by atoms with E-state index in [1.165, 1.54) is 6.20 Å². The molecule has 0 spiro atoms. The summed E-state index contributed by atoms with van der Waals surface area (Å²) >= 11 is 6.89. The minimum atomic E-state index is -3.44. The van der Waals surface area contributed by atoms with E-state index in [0.29, 0.717) is 12.4 Å². The van der Waals surface area contributed by atoms with Crippen LogP contribution in [0, 0.1) is 12.3 Å². The van der Waals surface area contributed by atoms with Crippen LogP contribution >= 0.6 is 22.9 Å². The van der Waals surface area contributed by atoms with Crippen LogP contribution in [-0.2, 0) is 10.0 Å². The maximum atomic E-state index is 11.8. The van der Waals surface area contributed by atoms with Gasteiger partial charge in [-0.15, -0.1) is 22.9 Å². The smallest absolute Gasteiger partial charge is 0.249 e. The lowest BCUT2D eigenvalue weighted by Gasteiger charge is -2.21. The van der Waals surface area contributed by atoms with E-state index in [4.69, 9.17) is 11.6 Å². The van der Waals surface area contributed by atoms with Gasteiger partial charge in [-0.25, -0.2) is 18.1 Å². The van der Waals surface area contributed by atoms with Gasteiger partial charge >= 0.3 is 0 Å². The highest BCUT2D eigenvalue weighted by Gasteiger charge is 2.22. The molecule has 1 aromatic heterocycles. The molecule has 0 fully saturated rings. The van der Waals surface area contributed by atoms with Crippen LogP contribution in [-0.4, -0.2) is 25.8 Å². The summed E-state index contributed by atoms with van der Waals surface area (Å²) in [5.74, 6) is 0.400. The molecule has 0 aliphatic heterocycles. The van der Waals surface area contributed by atoms with Gasteiger partial charge in [-0.3, -0.25) is 0 Å². The molecule has 0 aliphatic rings. The van der Waals surface area contributed by atoms with Gasteiger partial charge in [-0.05, 0) is 12.3 Å². The summed E-state index contributed by atoms with van der Waals surface area (Å²) in [6.45, 7) is 5.89. The van der Waals surface area contributed by atoms with E-state index in [0.717, 1.165) is 16.3 Å². The van der Waals surface area contributed by atoms with E-state index >= 15 is 0 Å². The summed E-state index contributed by atoms with van der Waals surface area (Å²) in [4.78, 5) is 3.92. The molecule has 92 valence electrons. The van der Waals surface area contributed by atoms with Gasteiger partial charge < -0.3 is 0 Å². The van der Waals surface area contributed by atoms with Crippen molar-refractivity contribution in [3.8, 4) is 0 Å². The van der Waals surface area contributed by atoms with Crippen molar-refractivity contribution in [1.82, 2.24) is 9.71 Å². The number of hydrogen-bond acceptors (Lipinski definition) is 4. The normalized spacial score (nSPS) is 13.0. The highest BCUT2D eigenvalue weighted by Crippen LogP contribution is 2.20. The van der Waals surface area contributed by atoms with Gasteiger partial charge in [0.1, 0.15) is 0 Å². The molecule has 4 nitrogen and oxygen atoms in total. The van der Waals surface area contributed by atoms with Gasteiger partial charge in [0.05, 0.1) is 11.2 Å². The quantitative estimate of drug-likeness (QED) is 0.841. The molecule has 0 atom stereocenters. The van der Waals surface area contributed by atoms with Crippen molar-refractivity contribution in [3.05, 3.63) is 11.2 Å². The Bertz CT molecular complexity index is 454. The first-order chi connectivity index (χ1) is 7.27. The Morgan fingerprint density at radius 1 is 1.56 bits per heavy atom. The molecule has 0 aliphatic carbocycles. The third-order valence-corrected chi connectivity index (χ3v) is 5.47. The highest BCUT2D eigenvalue weighted by molar-refractivity contribution is 7.91. The summed E-state index contributed by atoms with van der Waals surface area (Å²) in [5, 5.41) is 0.733. The van der Waals surface area contributed by atoms with E-state index in [2.05, 4.69) is 9.71 Å². The number of thiazole rings is 1. The first kappa shape index (κ1) is 13.9. The number of alkyl halides is 1. The van der Waals surface area contributed by atoms with E-state index in [-0.39, 0.29) is 9.62 Å². The molecule has 0 saturated heterocycles. The topological polar surface area (TPSA) is 59.1 Å². The van der Waals surface area contributed by atoms with Crippen LogP contribution in [0.4, 0.5) is 0 Å². The summed E-state index contributed by atoms with van der Waals surface area (Å²) < 4.78 is 26.4. The number of aromatic nitrogens is 1. The molecule has 1 N–H and O–H groups in total. The third-order valence-electron chi connectivity index (χ3n) is 1.97. The Morgan fingerprint density at radius 2 is 2.19 bits per heavy atom. The van der Waals surface area contributed by atoms with Crippen molar-refractivity contribution in [2.45, 2.75) is 25.0 Å². The lowest BCUT2D eigenvalue weighted by atomic mass is 9.97. The fraction of sp³-hybridized carbons (Fsp3) is 0.667. The zero-order valence-corrected chi connectivity index (χ0v) is 11.8. The molecule has 0 aromatic carbocycles. The molecular formula is C9H15ClN2O2S2. The first-order valence-electron chi connectivity index (χ1n) is 4.75. The predicted octanol–water partition coefficient (Wildman–Crippen LogP) is 1.99. The Kier molecular flexibility index (Phi) is 4.34. The second-order valence-corrected chi connectivity index (χ2v) is 7.82. The first-order valence-corrected chi connectivity index (χ1v) is 7.58. The molecule has 0 unspecified atom stereocenters. The fourth-order valence-electron chi connectivity index (χ4n) is 0.875. The van der Waals surface area contributed by atoms with Gasteiger partial charge in [0.2, 0.25) is 0 Å². The largest absolute Gasteiger partial charge is 0.251 e. The molecule has 1 rings (SSSR count).